The molecule has 2 bridgehead atoms. The number of aliphatic hydroxyl groups excluding tert-OH is 1. The second-order valence-corrected chi connectivity index (χ2v) is 10.7. The van der Waals surface area contributed by atoms with Crippen LogP contribution in [0, 0.1) is 16.7 Å². The van der Waals surface area contributed by atoms with Crippen LogP contribution in [0.5, 0.6) is 0 Å². The van der Waals surface area contributed by atoms with E-state index in [9.17, 15) is 9.90 Å². The van der Waals surface area contributed by atoms with Gasteiger partial charge in [-0.05, 0) is 0 Å². The zero-order valence-electron chi connectivity index (χ0n) is 14.3. The van der Waals surface area contributed by atoms with Crippen LogP contribution in [0.15, 0.2) is 0 Å². The monoisotopic (exact) mass is 360 g/mol. The van der Waals surface area contributed by atoms with Crippen LogP contribution in [0.3, 0.4) is 0 Å². The second-order valence-electron chi connectivity index (χ2n) is 7.80. The summed E-state index contributed by atoms with van der Waals surface area (Å²) in [6, 6.07) is 0. The molecule has 2 unspecified atom stereocenters. The molecule has 122 valence electrons. The van der Waals surface area contributed by atoms with E-state index in [0.717, 1.165) is 32.1 Å². The van der Waals surface area contributed by atoms with Crippen molar-refractivity contribution in [2.75, 3.05) is 0 Å². The Morgan fingerprint density at radius 2 is 1.86 bits per heavy atom. The number of fused-ring (bicyclic) bond motifs is 2. The summed E-state index contributed by atoms with van der Waals surface area (Å²) >= 11 is 0.252. The molecule has 0 radical (unpaired) electrons. The average molecular weight is 359 g/mol. The Bertz CT molecular complexity index is 393. The first kappa shape index (κ1) is 17.5. The first-order chi connectivity index (χ1) is 9.79. The van der Waals surface area contributed by atoms with Crippen LogP contribution in [-0.2, 0) is 4.79 Å². The Kier molecular flexibility index (Phi) is 5.28. The van der Waals surface area contributed by atoms with Gasteiger partial charge < -0.3 is 0 Å². The third kappa shape index (κ3) is 2.75. The van der Waals surface area contributed by atoms with Crippen molar-refractivity contribution in [2.24, 2.45) is 16.7 Å². The van der Waals surface area contributed by atoms with Crippen molar-refractivity contribution in [3.63, 3.8) is 0 Å². The van der Waals surface area contributed by atoms with Crippen molar-refractivity contribution in [1.29, 1.82) is 0 Å². The molecule has 21 heavy (non-hydrogen) atoms. The van der Waals surface area contributed by atoms with Crippen molar-refractivity contribution in [2.45, 2.75) is 88.9 Å². The molecule has 0 aromatic heterocycles. The van der Waals surface area contributed by atoms with Crippen LogP contribution in [0.25, 0.3) is 0 Å². The standard InChI is InChI=1S/C18H32O2Se/c1-6-8-13(19)14(9-7-2)21-15-12-10-11-18(5,16(15)20)17(12,3)4/h12-15,19H,6-11H2,1-5H3/t12-,13?,14?,15+,18+/m1/s1. The van der Waals surface area contributed by atoms with Gasteiger partial charge in [-0.3, -0.25) is 0 Å². The predicted molar refractivity (Wildman–Crippen MR) is 88.7 cm³/mol. The van der Waals surface area contributed by atoms with Crippen LogP contribution < -0.4 is 0 Å². The number of carbonyl (C=O) groups excluding carboxylic acids is 1. The summed E-state index contributed by atoms with van der Waals surface area (Å²) in [7, 11) is 0. The predicted octanol–water partition coefficient (Wildman–Crippen LogP) is 4.25. The first-order valence-electron chi connectivity index (χ1n) is 8.67. The molecule has 0 heterocycles. The fourth-order valence-corrected chi connectivity index (χ4v) is 8.90. The SMILES string of the molecule is CCCC(O)C(CCC)[Se][C@@H]1C(=O)[C@]2(C)CC[C@H]1C2(C)C. The van der Waals surface area contributed by atoms with Crippen LogP contribution in [0.1, 0.15) is 73.1 Å². The van der Waals surface area contributed by atoms with Gasteiger partial charge in [-0.1, -0.05) is 0 Å². The normalized spacial score (nSPS) is 37.0. The molecule has 0 aromatic rings. The molecule has 2 aliphatic carbocycles. The molecule has 0 aromatic carbocycles. The van der Waals surface area contributed by atoms with Crippen LogP contribution in [0.4, 0.5) is 0 Å². The third-order valence-electron chi connectivity index (χ3n) is 6.38. The van der Waals surface area contributed by atoms with E-state index in [2.05, 4.69) is 34.6 Å². The van der Waals surface area contributed by atoms with Crippen molar-refractivity contribution in [3.8, 4) is 0 Å². The molecule has 2 saturated carbocycles. The molecule has 2 rings (SSSR count). The molecule has 0 spiro atoms. The van der Waals surface area contributed by atoms with Gasteiger partial charge in [-0.2, -0.15) is 0 Å². The zero-order valence-corrected chi connectivity index (χ0v) is 16.0. The number of rotatable bonds is 7. The molecular formula is C18H32O2Se. The fourth-order valence-electron chi connectivity index (χ4n) is 4.47. The molecule has 5 atom stereocenters. The molecule has 2 fully saturated rings. The van der Waals surface area contributed by atoms with Gasteiger partial charge >= 0.3 is 136 Å². The molecule has 2 aliphatic rings. The summed E-state index contributed by atoms with van der Waals surface area (Å²) in [5, 5.41) is 10.5. The molecule has 2 nitrogen and oxygen atoms in total. The Labute approximate surface area is 136 Å². The molecule has 3 heteroatoms. The van der Waals surface area contributed by atoms with Crippen molar-refractivity contribution in [3.05, 3.63) is 0 Å². The summed E-state index contributed by atoms with van der Waals surface area (Å²) in [5.41, 5.74) is 0.0551. The Morgan fingerprint density at radius 3 is 2.33 bits per heavy atom. The van der Waals surface area contributed by atoms with Gasteiger partial charge in [0.2, 0.25) is 0 Å². The quantitative estimate of drug-likeness (QED) is 0.690. The maximum absolute atomic E-state index is 13.0. The van der Waals surface area contributed by atoms with Gasteiger partial charge in [0.25, 0.3) is 0 Å². The van der Waals surface area contributed by atoms with Gasteiger partial charge in [0, 0.05) is 0 Å². The summed E-state index contributed by atoms with van der Waals surface area (Å²) in [4.78, 5) is 13.6. The number of hydrogen-bond donors (Lipinski definition) is 1. The first-order valence-corrected chi connectivity index (χ1v) is 10.6. The van der Waals surface area contributed by atoms with Crippen molar-refractivity contribution < 1.29 is 9.90 Å². The topological polar surface area (TPSA) is 37.3 Å². The van der Waals surface area contributed by atoms with E-state index in [0.29, 0.717) is 16.5 Å². The molecule has 1 N–H and O–H groups in total. The Morgan fingerprint density at radius 1 is 1.24 bits per heavy atom. The van der Waals surface area contributed by atoms with E-state index in [1.165, 1.54) is 6.42 Å². The van der Waals surface area contributed by atoms with Gasteiger partial charge in [-0.25, -0.2) is 0 Å². The van der Waals surface area contributed by atoms with E-state index >= 15 is 0 Å². The maximum atomic E-state index is 13.0. The number of Topliss-reactive ketones (excluding diaryl/α,β-unsaturated/α-hetero) is 1. The Balaban J connectivity index is 2.13. The van der Waals surface area contributed by atoms with Crippen LogP contribution in [0.2, 0.25) is 9.63 Å². The molecule has 0 aliphatic heterocycles. The van der Waals surface area contributed by atoms with E-state index in [1.54, 1.807) is 0 Å². The third-order valence-corrected chi connectivity index (χ3v) is 10.0. The molecular weight excluding hydrogens is 327 g/mol. The summed E-state index contributed by atoms with van der Waals surface area (Å²) in [6.07, 6.45) is 6.20. The van der Waals surface area contributed by atoms with Gasteiger partial charge in [0.1, 0.15) is 0 Å². The number of carbonyl (C=O) groups is 1. The zero-order chi connectivity index (χ0) is 15.8. The molecule has 0 saturated heterocycles. The van der Waals surface area contributed by atoms with Crippen LogP contribution in [-0.4, -0.2) is 32.0 Å². The minimum absolute atomic E-state index is 0.101. The van der Waals surface area contributed by atoms with E-state index in [-0.39, 0.29) is 36.7 Å². The number of ketones is 1. The number of aliphatic hydroxyl groups is 1. The van der Waals surface area contributed by atoms with E-state index < -0.39 is 0 Å². The van der Waals surface area contributed by atoms with Gasteiger partial charge in [0.05, 0.1) is 0 Å². The molecule has 0 amide bonds. The fraction of sp³-hybridized carbons (Fsp3) is 0.944. The van der Waals surface area contributed by atoms with Gasteiger partial charge in [-0.15, -0.1) is 0 Å². The van der Waals surface area contributed by atoms with Crippen molar-refractivity contribution in [1.82, 2.24) is 0 Å². The second kappa shape index (κ2) is 6.34. The van der Waals surface area contributed by atoms with Crippen molar-refractivity contribution >= 4 is 20.7 Å². The number of hydrogen-bond acceptors (Lipinski definition) is 2. The van der Waals surface area contributed by atoms with E-state index in [4.69, 9.17) is 0 Å². The minimum atomic E-state index is -0.196. The summed E-state index contributed by atoms with van der Waals surface area (Å²) in [6.45, 7) is 11.1. The average Bonchev–Trinajstić information content (AvgIpc) is 2.72. The van der Waals surface area contributed by atoms with Crippen LogP contribution >= 0.6 is 0 Å². The Hall–Kier alpha value is 0.149. The van der Waals surface area contributed by atoms with E-state index in [1.807, 2.05) is 0 Å². The summed E-state index contributed by atoms with van der Waals surface area (Å²) < 4.78 is 0. The van der Waals surface area contributed by atoms with Gasteiger partial charge in [0.15, 0.2) is 0 Å². The summed E-state index contributed by atoms with van der Waals surface area (Å²) in [5.74, 6) is 1.08.